The van der Waals surface area contributed by atoms with Crippen LogP contribution in [0.1, 0.15) is 16.5 Å². The first-order valence-corrected chi connectivity index (χ1v) is 9.88. The Hall–Kier alpha value is -2.30. The Balaban J connectivity index is 1.53. The van der Waals surface area contributed by atoms with Gasteiger partial charge >= 0.3 is 11.8 Å². The molecule has 1 aliphatic rings. The smallest absolute Gasteiger partial charge is 0.315 e. The molecule has 10 heteroatoms. The first-order valence-electron chi connectivity index (χ1n) is 8.23. The summed E-state index contributed by atoms with van der Waals surface area (Å²) in [7, 11) is -3.59. The number of benzene rings is 1. The van der Waals surface area contributed by atoms with Gasteiger partial charge in [0.1, 0.15) is 5.75 Å². The number of amides is 1. The lowest BCUT2D eigenvalue weighted by atomic mass is 10.4. The molecule has 26 heavy (non-hydrogen) atoms. The summed E-state index contributed by atoms with van der Waals surface area (Å²) >= 11 is 0. The maximum Gasteiger partial charge on any atom is 0.315 e. The molecule has 1 aliphatic heterocycles. The van der Waals surface area contributed by atoms with Crippen LogP contribution in [0.15, 0.2) is 39.8 Å². The SMILES string of the molecule is O=C(NCCN1CCOCC1)c1nc(CS(=O)(=O)c2ccccc2)no1. The molecule has 0 saturated carbocycles. The number of carbonyl (C=O) groups is 1. The van der Waals surface area contributed by atoms with Crippen molar-refractivity contribution in [1.29, 1.82) is 0 Å². The fraction of sp³-hybridized carbons (Fsp3) is 0.438. The summed E-state index contributed by atoms with van der Waals surface area (Å²) in [6.07, 6.45) is 0. The Morgan fingerprint density at radius 3 is 2.65 bits per heavy atom. The molecule has 1 saturated heterocycles. The first-order chi connectivity index (χ1) is 12.5. The minimum absolute atomic E-state index is 0.0489. The van der Waals surface area contributed by atoms with Gasteiger partial charge in [0, 0.05) is 26.2 Å². The average molecular weight is 380 g/mol. The molecule has 0 spiro atoms. The number of nitrogens with one attached hydrogen (secondary N) is 1. The molecule has 0 unspecified atom stereocenters. The number of morpholine rings is 1. The number of carbonyl (C=O) groups excluding carboxylic acids is 1. The van der Waals surface area contributed by atoms with Gasteiger partial charge in [-0.05, 0) is 12.1 Å². The average Bonchev–Trinajstić information content (AvgIpc) is 3.11. The third-order valence-electron chi connectivity index (χ3n) is 3.90. The Morgan fingerprint density at radius 1 is 1.19 bits per heavy atom. The van der Waals surface area contributed by atoms with Gasteiger partial charge in [0.25, 0.3) is 0 Å². The predicted molar refractivity (Wildman–Crippen MR) is 91.2 cm³/mol. The normalized spacial score (nSPS) is 15.7. The second kappa shape index (κ2) is 8.39. The lowest BCUT2D eigenvalue weighted by Gasteiger charge is -2.26. The fourth-order valence-corrected chi connectivity index (χ4v) is 3.71. The van der Waals surface area contributed by atoms with Crippen molar-refractivity contribution in [1.82, 2.24) is 20.4 Å². The number of hydrogen-bond donors (Lipinski definition) is 1. The van der Waals surface area contributed by atoms with Crippen molar-refractivity contribution in [2.75, 3.05) is 39.4 Å². The number of aromatic nitrogens is 2. The molecule has 3 rings (SSSR count). The second-order valence-electron chi connectivity index (χ2n) is 5.80. The van der Waals surface area contributed by atoms with Crippen LogP contribution in [0.4, 0.5) is 0 Å². The topological polar surface area (TPSA) is 115 Å². The van der Waals surface area contributed by atoms with E-state index in [1.807, 2.05) is 0 Å². The van der Waals surface area contributed by atoms with Gasteiger partial charge in [0.05, 0.1) is 18.1 Å². The van der Waals surface area contributed by atoms with Gasteiger partial charge in [0.2, 0.25) is 0 Å². The van der Waals surface area contributed by atoms with E-state index >= 15 is 0 Å². The van der Waals surface area contributed by atoms with E-state index < -0.39 is 21.5 Å². The number of hydrogen-bond acceptors (Lipinski definition) is 8. The standard InChI is InChI=1S/C16H20N4O5S/c21-15(17-6-7-20-8-10-24-11-9-20)16-18-14(19-25-16)12-26(22,23)13-4-2-1-3-5-13/h1-5H,6-12H2,(H,17,21). The Labute approximate surface area is 151 Å². The third-order valence-corrected chi connectivity index (χ3v) is 5.53. The van der Waals surface area contributed by atoms with Crippen molar-refractivity contribution in [3.8, 4) is 0 Å². The second-order valence-corrected chi connectivity index (χ2v) is 7.79. The molecule has 1 amide bonds. The van der Waals surface area contributed by atoms with Crippen LogP contribution in [-0.2, 0) is 20.3 Å². The molecular weight excluding hydrogens is 360 g/mol. The van der Waals surface area contributed by atoms with Gasteiger partial charge in [0.15, 0.2) is 15.7 Å². The van der Waals surface area contributed by atoms with Crippen LogP contribution in [0.2, 0.25) is 0 Å². The van der Waals surface area contributed by atoms with Gasteiger partial charge in [-0.1, -0.05) is 23.4 Å². The highest BCUT2D eigenvalue weighted by Gasteiger charge is 2.21. The number of sulfone groups is 1. The van der Waals surface area contributed by atoms with Crippen LogP contribution in [-0.4, -0.2) is 68.8 Å². The van der Waals surface area contributed by atoms with E-state index in [9.17, 15) is 13.2 Å². The molecule has 9 nitrogen and oxygen atoms in total. The molecule has 1 N–H and O–H groups in total. The highest BCUT2D eigenvalue weighted by Crippen LogP contribution is 2.14. The molecule has 0 bridgehead atoms. The third kappa shape index (κ3) is 4.87. The summed E-state index contributed by atoms with van der Waals surface area (Å²) in [5, 5.41) is 6.28. The monoisotopic (exact) mass is 380 g/mol. The largest absolute Gasteiger partial charge is 0.379 e. The predicted octanol–water partition coefficient (Wildman–Crippen LogP) is 0.106. The molecule has 0 radical (unpaired) electrons. The zero-order chi connectivity index (χ0) is 18.4. The summed E-state index contributed by atoms with van der Waals surface area (Å²) < 4.78 is 34.7. The van der Waals surface area contributed by atoms with Crippen LogP contribution >= 0.6 is 0 Å². The summed E-state index contributed by atoms with van der Waals surface area (Å²) in [4.78, 5) is 18.3. The minimum atomic E-state index is -3.59. The summed E-state index contributed by atoms with van der Waals surface area (Å²) in [6, 6.07) is 7.99. The van der Waals surface area contributed by atoms with Crippen LogP contribution in [0.25, 0.3) is 0 Å². The molecule has 1 aromatic carbocycles. The quantitative estimate of drug-likeness (QED) is 0.720. The van der Waals surface area contributed by atoms with Crippen LogP contribution in [0.5, 0.6) is 0 Å². The number of ether oxygens (including phenoxy) is 1. The zero-order valence-corrected chi connectivity index (χ0v) is 14.9. The van der Waals surface area contributed by atoms with E-state index in [0.717, 1.165) is 13.1 Å². The number of nitrogens with zero attached hydrogens (tertiary/aromatic N) is 3. The fourth-order valence-electron chi connectivity index (χ4n) is 2.51. The van der Waals surface area contributed by atoms with Gasteiger partial charge in [-0.2, -0.15) is 4.98 Å². The Morgan fingerprint density at radius 2 is 1.92 bits per heavy atom. The van der Waals surface area contributed by atoms with E-state index in [2.05, 4.69) is 20.4 Å². The van der Waals surface area contributed by atoms with Crippen LogP contribution < -0.4 is 5.32 Å². The lowest BCUT2D eigenvalue weighted by Crippen LogP contribution is -2.41. The zero-order valence-electron chi connectivity index (χ0n) is 14.1. The van der Waals surface area contributed by atoms with Crippen molar-refractivity contribution in [3.05, 3.63) is 42.0 Å². The first kappa shape index (κ1) is 18.5. The molecule has 1 aromatic heterocycles. The van der Waals surface area contributed by atoms with E-state index in [1.54, 1.807) is 18.2 Å². The highest BCUT2D eigenvalue weighted by atomic mass is 32.2. The van der Waals surface area contributed by atoms with Crippen molar-refractivity contribution < 1.29 is 22.5 Å². The van der Waals surface area contributed by atoms with Crippen LogP contribution in [0.3, 0.4) is 0 Å². The van der Waals surface area contributed by atoms with Gasteiger partial charge in [-0.25, -0.2) is 8.42 Å². The van der Waals surface area contributed by atoms with E-state index in [-0.39, 0.29) is 16.6 Å². The molecule has 2 aromatic rings. The molecule has 140 valence electrons. The highest BCUT2D eigenvalue weighted by molar-refractivity contribution is 7.90. The van der Waals surface area contributed by atoms with E-state index in [4.69, 9.17) is 9.26 Å². The molecule has 1 fully saturated rings. The Bertz CT molecular complexity index is 831. The van der Waals surface area contributed by atoms with Crippen molar-refractivity contribution in [3.63, 3.8) is 0 Å². The van der Waals surface area contributed by atoms with E-state index in [0.29, 0.717) is 26.3 Å². The lowest BCUT2D eigenvalue weighted by molar-refractivity contribution is 0.0382. The summed E-state index contributed by atoms with van der Waals surface area (Å²) in [5.74, 6) is -1.24. The molecule has 0 atom stereocenters. The molecule has 0 aliphatic carbocycles. The summed E-state index contributed by atoms with van der Waals surface area (Å²) in [6.45, 7) is 4.17. The number of rotatable bonds is 7. The van der Waals surface area contributed by atoms with Crippen LogP contribution in [0, 0.1) is 0 Å². The maximum absolute atomic E-state index is 12.3. The van der Waals surface area contributed by atoms with Crippen molar-refractivity contribution >= 4 is 15.7 Å². The summed E-state index contributed by atoms with van der Waals surface area (Å²) in [5.41, 5.74) is 0. The minimum Gasteiger partial charge on any atom is -0.379 e. The van der Waals surface area contributed by atoms with Gasteiger partial charge in [-0.3, -0.25) is 9.69 Å². The van der Waals surface area contributed by atoms with E-state index in [1.165, 1.54) is 12.1 Å². The Kier molecular flexibility index (Phi) is 5.96. The van der Waals surface area contributed by atoms with Gasteiger partial charge < -0.3 is 14.6 Å². The van der Waals surface area contributed by atoms with Crippen molar-refractivity contribution in [2.24, 2.45) is 0 Å². The van der Waals surface area contributed by atoms with Gasteiger partial charge in [-0.15, -0.1) is 0 Å². The molecule has 2 heterocycles. The van der Waals surface area contributed by atoms with Crippen molar-refractivity contribution in [2.45, 2.75) is 10.6 Å². The molecular formula is C16H20N4O5S. The maximum atomic E-state index is 12.3.